The van der Waals surface area contributed by atoms with Crippen LogP contribution >= 0.6 is 0 Å². The predicted octanol–water partition coefficient (Wildman–Crippen LogP) is 6.09. The Morgan fingerprint density at radius 1 is 0.841 bits per heavy atom. The van der Waals surface area contributed by atoms with Crippen LogP contribution in [0.3, 0.4) is 0 Å². The molecule has 4 aliphatic carbocycles. The van der Waals surface area contributed by atoms with E-state index in [1.54, 1.807) is 20.6 Å². The molecule has 8 nitrogen and oxygen atoms in total. The van der Waals surface area contributed by atoms with E-state index in [9.17, 15) is 35.9 Å². The Hall–Kier alpha value is -0.724. The number of allylic oxidation sites excluding steroid dienone is 7. The maximum absolute atomic E-state index is 11.2. The quantitative estimate of drug-likeness (QED) is 0.107. The van der Waals surface area contributed by atoms with Gasteiger partial charge in [-0.05, 0) is 66.5 Å². The Balaban J connectivity index is -0.000000104. The molecule has 0 aliphatic heterocycles. The molecular weight excluding hydrogens is 798 g/mol. The van der Waals surface area contributed by atoms with Crippen molar-refractivity contribution in [1.29, 1.82) is 2.67 Å². The van der Waals surface area contributed by atoms with Crippen LogP contribution in [-0.2, 0) is 103 Å². The molecule has 20 heteroatoms. The minimum absolute atomic E-state index is 0.0185. The average molecular weight is 839 g/mol. The molecule has 2 radical (unpaired) electrons. The van der Waals surface area contributed by atoms with Crippen molar-refractivity contribution in [1.82, 2.24) is 0 Å². The summed E-state index contributed by atoms with van der Waals surface area (Å²) in [4.78, 5) is 20.8. The number of fused-ring (bicyclic) bond motifs is 2. The maximum atomic E-state index is 11.2. The van der Waals surface area contributed by atoms with E-state index >= 15 is 0 Å². The van der Waals surface area contributed by atoms with E-state index in [0.29, 0.717) is 73.0 Å². The first kappa shape index (κ1) is 50.1. The van der Waals surface area contributed by atoms with Crippen LogP contribution in [0.4, 0.5) is 26.3 Å². The fraction of sp³-hybridized carbons (Fsp3) is 0.583. The van der Waals surface area contributed by atoms with Crippen LogP contribution in [0.1, 0.15) is 46.0 Å². The van der Waals surface area contributed by atoms with Crippen molar-refractivity contribution < 1.29 is 108 Å². The summed E-state index contributed by atoms with van der Waals surface area (Å²) < 4.78 is 128. The van der Waals surface area contributed by atoms with Gasteiger partial charge in [0, 0.05) is 27.3 Å². The van der Waals surface area contributed by atoms with Crippen LogP contribution < -0.4 is 0 Å². The van der Waals surface area contributed by atoms with Crippen molar-refractivity contribution in [3.8, 4) is 0 Å². The summed E-state index contributed by atoms with van der Waals surface area (Å²) >= 11 is 0.600. The van der Waals surface area contributed by atoms with Crippen LogP contribution in [0.5, 0.6) is 0 Å². The predicted molar refractivity (Wildman–Crippen MR) is 150 cm³/mol. The number of hydrogen-bond acceptors (Lipinski definition) is 10. The first-order chi connectivity index (χ1) is 21.3. The molecule has 1 saturated carbocycles. The van der Waals surface area contributed by atoms with E-state index in [1.807, 2.05) is 0 Å². The van der Waals surface area contributed by atoms with Gasteiger partial charge in [0.15, 0.2) is 5.78 Å². The molecule has 0 aromatic rings. The molecule has 4 aliphatic rings. The van der Waals surface area contributed by atoms with Gasteiger partial charge in [-0.15, -0.1) is 0 Å². The van der Waals surface area contributed by atoms with Gasteiger partial charge in [-0.3, -0.25) is 9.59 Å². The second-order valence-corrected chi connectivity index (χ2v) is 9.31. The summed E-state index contributed by atoms with van der Waals surface area (Å²) in [7, 11) is -5.37. The molecule has 0 N–H and O–H groups in total. The molecule has 4 rings (SSSR count). The standard InChI is InChI=1S/C10H14O.C6H8.C4H6O.2CH4B.2CF3O2S.2O.2Zr/c1-7(11)10-6-8-2-4-9(10)5-3-8;1-2-4-6-5-3-1;1-3-4(2)5;2*1-2;2*2-1(3,4)7(5)6;;;;/h2,4,8-10H,3,5-6H2,1H3;1-4H,5-6H2;3H,1H2,2H3;2*2H,1H3;;;;;;/q;;;;;2*-1;;;;/i;;;2*2T;;;;;;. The summed E-state index contributed by atoms with van der Waals surface area (Å²) in [6.45, 7) is 9.74. The monoisotopic (exact) mass is 836 g/mol. The van der Waals surface area contributed by atoms with Crippen LogP contribution in [-0.4, -0.2) is 40.9 Å². The van der Waals surface area contributed by atoms with Crippen molar-refractivity contribution >= 4 is 48.6 Å². The molecular formula is C24H36B2F6O8S2Zr2-2. The number of hydrogen-bond donors (Lipinski definition) is 0. The second-order valence-electron chi connectivity index (χ2n) is 7.45. The van der Waals surface area contributed by atoms with Gasteiger partial charge in [0.2, 0.25) is 0 Å². The molecule has 0 aromatic carbocycles. The van der Waals surface area contributed by atoms with Crippen molar-refractivity contribution in [2.75, 3.05) is 0 Å². The molecule has 0 amide bonds. The zero-order valence-corrected chi connectivity index (χ0v) is 31.1. The number of carbonyl (C=O) groups excluding carboxylic acids is 2. The number of alkyl halides is 6. The third-order valence-corrected chi connectivity index (χ3v) is 5.40. The molecule has 1 fully saturated rings. The first-order valence-electron chi connectivity index (χ1n) is 13.1. The molecule has 0 heterocycles. The molecule has 44 heavy (non-hydrogen) atoms. The van der Waals surface area contributed by atoms with E-state index in [0.717, 1.165) is 6.42 Å². The Kier molecular flexibility index (Phi) is 41.9. The van der Waals surface area contributed by atoms with Gasteiger partial charge in [0.05, 0.1) is 15.6 Å². The van der Waals surface area contributed by atoms with Crippen LogP contribution in [0.2, 0.25) is 13.6 Å². The molecule has 0 spiro atoms. The minimum atomic E-state index is -5.08. The normalized spacial score (nSPS) is 18.4. The van der Waals surface area contributed by atoms with Gasteiger partial charge in [-0.1, -0.05) is 56.7 Å². The Morgan fingerprint density at radius 2 is 1.16 bits per heavy atom. The Labute approximate surface area is 294 Å². The van der Waals surface area contributed by atoms with Gasteiger partial charge < -0.3 is 16.8 Å². The number of Topliss-reactive ketones (excluding diaryl/α,β-unsaturated/α-hetero) is 1. The molecule has 250 valence electrons. The van der Waals surface area contributed by atoms with Crippen molar-refractivity contribution in [2.24, 2.45) is 17.8 Å². The van der Waals surface area contributed by atoms with Crippen molar-refractivity contribution in [2.45, 2.75) is 70.6 Å². The Morgan fingerprint density at radius 3 is 1.25 bits per heavy atom. The van der Waals surface area contributed by atoms with Crippen LogP contribution in [0.15, 0.2) is 49.1 Å². The molecule has 3 atom stereocenters. The van der Waals surface area contributed by atoms with Gasteiger partial charge in [-0.2, -0.15) is 26.3 Å². The number of rotatable bonds is 2. The van der Waals surface area contributed by atoms with Crippen LogP contribution in [0, 0.1) is 17.8 Å². The topological polar surface area (TPSA) is 137 Å². The summed E-state index contributed by atoms with van der Waals surface area (Å²) in [5.74, 6) is 2.07. The summed E-state index contributed by atoms with van der Waals surface area (Å²) in [6, 6.07) is 0. The van der Waals surface area contributed by atoms with E-state index in [-0.39, 0.29) is 5.78 Å². The fourth-order valence-electron chi connectivity index (χ4n) is 2.94. The van der Waals surface area contributed by atoms with Gasteiger partial charge in [0.1, 0.15) is 5.78 Å². The zero-order chi connectivity index (χ0) is 37.9. The van der Waals surface area contributed by atoms with E-state index in [1.165, 1.54) is 54.3 Å². The molecule has 3 unspecified atom stereocenters. The molecule has 0 saturated heterocycles. The average Bonchev–Trinajstić information content (AvgIpc) is 3.01. The molecule has 0 aromatic heterocycles. The second kappa shape index (κ2) is 36.7. The third kappa shape index (κ3) is 39.3. The summed E-state index contributed by atoms with van der Waals surface area (Å²) in [6.07, 6.45) is 20.5. The van der Waals surface area contributed by atoms with Crippen molar-refractivity contribution in [3.05, 3.63) is 49.1 Å². The first-order valence-corrected chi connectivity index (χ1v) is 16.1. The molecule has 2 bridgehead atoms. The van der Waals surface area contributed by atoms with Crippen LogP contribution in [0.25, 0.3) is 0 Å². The number of halogens is 6. The summed E-state index contributed by atoms with van der Waals surface area (Å²) in [5.41, 5.74) is -10.2. The van der Waals surface area contributed by atoms with Crippen molar-refractivity contribution in [3.63, 3.8) is 0 Å². The third-order valence-electron chi connectivity index (χ3n) is 4.65. The number of ketones is 2. The van der Waals surface area contributed by atoms with Gasteiger partial charge >= 0.3 is 66.1 Å². The van der Waals surface area contributed by atoms with E-state index < -0.39 is 32.4 Å². The van der Waals surface area contributed by atoms with E-state index in [2.05, 4.69) is 43.0 Å². The SMILES string of the molecule is C1=CCCC=C1.C=CC(C)=O.CC(=O)C1CC2C=CC1CC2.O=[S-](=O)C(F)(F)F.O=[S-](=O)C(F)(F)F.[3H][B]C.[3H][B]C.[O]=[Zr].[O]=[Zr]. The van der Waals surface area contributed by atoms with Gasteiger partial charge in [-0.25, -0.2) is 0 Å². The zero-order valence-electron chi connectivity index (χ0n) is 26.5. The van der Waals surface area contributed by atoms with E-state index in [4.69, 9.17) is 25.1 Å². The Bertz CT molecular complexity index is 983. The van der Waals surface area contributed by atoms with Gasteiger partial charge in [0.25, 0.3) is 0 Å². The number of carbonyl (C=O) groups is 2. The fourth-order valence-corrected chi connectivity index (χ4v) is 2.94. The summed E-state index contributed by atoms with van der Waals surface area (Å²) in [5, 5.41) is 0.